The Kier molecular flexibility index (Phi) is 4.64. The van der Waals surface area contributed by atoms with Gasteiger partial charge < -0.3 is 16.2 Å². The van der Waals surface area contributed by atoms with Gasteiger partial charge in [-0.05, 0) is 25.0 Å². The molecule has 0 saturated heterocycles. The van der Waals surface area contributed by atoms with Crippen LogP contribution in [0.3, 0.4) is 0 Å². The minimum atomic E-state index is 0.0169. The molecule has 4 nitrogen and oxygen atoms in total. The first kappa shape index (κ1) is 12.4. The molecule has 0 aliphatic heterocycles. The Hall–Kier alpha value is -1.71. The van der Waals surface area contributed by atoms with Crippen LogP contribution in [0.5, 0.6) is 5.75 Å². The van der Waals surface area contributed by atoms with E-state index in [9.17, 15) is 0 Å². The minimum Gasteiger partial charge on any atom is -0.488 e. The minimum absolute atomic E-state index is 0.0169. The van der Waals surface area contributed by atoms with Gasteiger partial charge in [0.15, 0.2) is 5.96 Å². The molecule has 4 heteroatoms. The molecule has 0 amide bonds. The Labute approximate surface area is 96.3 Å². The maximum Gasteiger partial charge on any atom is 0.186 e. The molecule has 0 radical (unpaired) electrons. The van der Waals surface area contributed by atoms with Gasteiger partial charge in [-0.15, -0.1) is 0 Å². The van der Waals surface area contributed by atoms with E-state index in [1.54, 1.807) is 0 Å². The molecule has 0 aliphatic rings. The number of hydrogen-bond acceptors (Lipinski definition) is 2. The third-order valence-electron chi connectivity index (χ3n) is 2.32. The maximum atomic E-state index is 5.83. The quantitative estimate of drug-likeness (QED) is 0.583. The molecule has 0 aromatic heterocycles. The molecule has 0 aliphatic carbocycles. The Morgan fingerprint density at radius 3 is 2.62 bits per heavy atom. The predicted octanol–water partition coefficient (Wildman–Crippen LogP) is 1.43. The van der Waals surface area contributed by atoms with Crippen LogP contribution in [-0.2, 0) is 0 Å². The number of guanidine groups is 1. The number of ether oxygens (including phenoxy) is 1. The topological polar surface area (TPSA) is 73.6 Å². The highest BCUT2D eigenvalue weighted by Gasteiger charge is 2.08. The van der Waals surface area contributed by atoms with E-state index in [4.69, 9.17) is 16.2 Å². The number of aryl methyl sites for hydroxylation is 1. The number of nitrogens with two attached hydrogens (primary N) is 2. The van der Waals surface area contributed by atoms with E-state index < -0.39 is 0 Å². The van der Waals surface area contributed by atoms with Crippen LogP contribution in [0.2, 0.25) is 0 Å². The van der Waals surface area contributed by atoms with Gasteiger partial charge in [0.2, 0.25) is 0 Å². The van der Waals surface area contributed by atoms with Crippen molar-refractivity contribution in [1.29, 1.82) is 0 Å². The first-order chi connectivity index (χ1) is 7.63. The fourth-order valence-corrected chi connectivity index (χ4v) is 1.33. The second kappa shape index (κ2) is 6.00. The predicted molar refractivity (Wildman–Crippen MR) is 66.6 cm³/mol. The highest BCUT2D eigenvalue weighted by molar-refractivity contribution is 5.75. The van der Waals surface area contributed by atoms with Crippen LogP contribution in [0.1, 0.15) is 18.9 Å². The summed E-state index contributed by atoms with van der Waals surface area (Å²) >= 11 is 0. The largest absolute Gasteiger partial charge is 0.488 e. The van der Waals surface area contributed by atoms with Crippen molar-refractivity contribution in [3.8, 4) is 5.75 Å². The molecule has 88 valence electrons. The van der Waals surface area contributed by atoms with Crippen LogP contribution < -0.4 is 16.2 Å². The summed E-state index contributed by atoms with van der Waals surface area (Å²) in [5, 5.41) is 0. The lowest BCUT2D eigenvalue weighted by molar-refractivity contribution is 0.204. The Morgan fingerprint density at radius 1 is 1.38 bits per heavy atom. The first-order valence-electron chi connectivity index (χ1n) is 5.41. The van der Waals surface area contributed by atoms with E-state index in [2.05, 4.69) is 4.99 Å². The van der Waals surface area contributed by atoms with Gasteiger partial charge in [-0.1, -0.05) is 25.1 Å². The molecular weight excluding hydrogens is 202 g/mol. The number of rotatable bonds is 5. The Morgan fingerprint density at radius 2 is 2.06 bits per heavy atom. The van der Waals surface area contributed by atoms with Crippen LogP contribution >= 0.6 is 0 Å². The molecule has 1 unspecified atom stereocenters. The zero-order chi connectivity index (χ0) is 12.0. The van der Waals surface area contributed by atoms with Crippen molar-refractivity contribution < 1.29 is 4.74 Å². The zero-order valence-corrected chi connectivity index (χ0v) is 9.81. The average molecular weight is 221 g/mol. The second-order valence-corrected chi connectivity index (χ2v) is 3.68. The lowest BCUT2D eigenvalue weighted by Crippen LogP contribution is -2.27. The van der Waals surface area contributed by atoms with Gasteiger partial charge in [0.1, 0.15) is 11.9 Å². The van der Waals surface area contributed by atoms with Crippen molar-refractivity contribution in [2.24, 2.45) is 16.5 Å². The molecule has 0 bridgehead atoms. The van der Waals surface area contributed by atoms with Crippen molar-refractivity contribution in [2.45, 2.75) is 26.4 Å². The number of aliphatic imine (C=N–C) groups is 1. The van der Waals surface area contributed by atoms with Crippen molar-refractivity contribution in [2.75, 3.05) is 6.54 Å². The molecule has 1 atom stereocenters. The van der Waals surface area contributed by atoms with Crippen molar-refractivity contribution in [3.05, 3.63) is 29.8 Å². The Balaban J connectivity index is 2.63. The van der Waals surface area contributed by atoms with Gasteiger partial charge >= 0.3 is 0 Å². The van der Waals surface area contributed by atoms with Gasteiger partial charge in [-0.2, -0.15) is 0 Å². The maximum absolute atomic E-state index is 5.83. The second-order valence-electron chi connectivity index (χ2n) is 3.68. The van der Waals surface area contributed by atoms with Gasteiger partial charge in [-0.3, -0.25) is 0 Å². The molecule has 1 aromatic rings. The number of nitrogens with zero attached hydrogens (tertiary/aromatic N) is 1. The molecule has 0 heterocycles. The van der Waals surface area contributed by atoms with Crippen LogP contribution in [0.4, 0.5) is 0 Å². The summed E-state index contributed by atoms with van der Waals surface area (Å²) in [5.41, 5.74) is 11.7. The van der Waals surface area contributed by atoms with E-state index >= 15 is 0 Å². The van der Waals surface area contributed by atoms with Crippen molar-refractivity contribution >= 4 is 5.96 Å². The third kappa shape index (κ3) is 3.81. The van der Waals surface area contributed by atoms with Crippen LogP contribution in [0.25, 0.3) is 0 Å². The summed E-state index contributed by atoms with van der Waals surface area (Å²) in [6, 6.07) is 7.91. The summed E-state index contributed by atoms with van der Waals surface area (Å²) in [7, 11) is 0. The van der Waals surface area contributed by atoms with Crippen LogP contribution in [-0.4, -0.2) is 18.6 Å². The fourth-order valence-electron chi connectivity index (χ4n) is 1.33. The normalized spacial score (nSPS) is 11.9. The standard InChI is InChI=1S/C12H19N3O/c1-3-10(8-15-12(13)14)16-11-7-5-4-6-9(11)2/h4-7,10H,3,8H2,1-2H3,(H4,13,14,15). The lowest BCUT2D eigenvalue weighted by Gasteiger charge is -2.17. The molecule has 0 saturated carbocycles. The smallest absolute Gasteiger partial charge is 0.186 e. The van der Waals surface area contributed by atoms with Gasteiger partial charge in [0.25, 0.3) is 0 Å². The van der Waals surface area contributed by atoms with Crippen molar-refractivity contribution in [3.63, 3.8) is 0 Å². The lowest BCUT2D eigenvalue weighted by atomic mass is 10.2. The molecule has 1 aromatic carbocycles. The average Bonchev–Trinajstić information content (AvgIpc) is 2.26. The van der Waals surface area contributed by atoms with Gasteiger partial charge in [0.05, 0.1) is 6.54 Å². The zero-order valence-electron chi connectivity index (χ0n) is 9.81. The van der Waals surface area contributed by atoms with Gasteiger partial charge in [-0.25, -0.2) is 4.99 Å². The van der Waals surface area contributed by atoms with E-state index in [0.29, 0.717) is 6.54 Å². The molecular formula is C12H19N3O. The fraction of sp³-hybridized carbons (Fsp3) is 0.417. The van der Waals surface area contributed by atoms with E-state index in [0.717, 1.165) is 17.7 Å². The molecule has 0 spiro atoms. The highest BCUT2D eigenvalue weighted by atomic mass is 16.5. The SMILES string of the molecule is CCC(CN=C(N)N)Oc1ccccc1C. The summed E-state index contributed by atoms with van der Waals surface area (Å²) < 4.78 is 5.83. The Bertz CT molecular complexity index is 359. The van der Waals surface area contributed by atoms with E-state index in [1.165, 1.54) is 0 Å². The van der Waals surface area contributed by atoms with Gasteiger partial charge in [0, 0.05) is 0 Å². The number of para-hydroxylation sites is 1. The van der Waals surface area contributed by atoms with E-state index in [-0.39, 0.29) is 12.1 Å². The van der Waals surface area contributed by atoms with Crippen molar-refractivity contribution in [1.82, 2.24) is 0 Å². The third-order valence-corrected chi connectivity index (χ3v) is 2.32. The molecule has 4 N–H and O–H groups in total. The molecule has 1 rings (SSSR count). The summed E-state index contributed by atoms with van der Waals surface area (Å²) in [5.74, 6) is 0.993. The molecule has 16 heavy (non-hydrogen) atoms. The summed E-state index contributed by atoms with van der Waals surface area (Å²) in [6.07, 6.45) is 0.883. The first-order valence-corrected chi connectivity index (χ1v) is 5.41. The highest BCUT2D eigenvalue weighted by Crippen LogP contribution is 2.18. The summed E-state index contributed by atoms with van der Waals surface area (Å²) in [4.78, 5) is 3.97. The molecule has 0 fully saturated rings. The van der Waals surface area contributed by atoms with E-state index in [1.807, 2.05) is 38.1 Å². The number of benzene rings is 1. The summed E-state index contributed by atoms with van der Waals surface area (Å²) in [6.45, 7) is 4.56. The monoisotopic (exact) mass is 221 g/mol. The number of hydrogen-bond donors (Lipinski definition) is 2. The van der Waals surface area contributed by atoms with Crippen LogP contribution in [0.15, 0.2) is 29.3 Å². The van der Waals surface area contributed by atoms with Crippen LogP contribution in [0, 0.1) is 6.92 Å².